The third-order valence-corrected chi connectivity index (χ3v) is 4.35. The highest BCUT2D eigenvalue weighted by Gasteiger charge is 2.29. The van der Waals surface area contributed by atoms with Crippen molar-refractivity contribution in [3.63, 3.8) is 0 Å². The predicted molar refractivity (Wildman–Crippen MR) is 92.4 cm³/mol. The van der Waals surface area contributed by atoms with Gasteiger partial charge in [-0.3, -0.25) is 9.59 Å². The van der Waals surface area contributed by atoms with Crippen LogP contribution in [0.5, 0.6) is 5.75 Å². The maximum absolute atomic E-state index is 12.5. The number of carbonyl (C=O) groups excluding carboxylic acids is 1. The van der Waals surface area contributed by atoms with Crippen LogP contribution in [0, 0.1) is 6.92 Å². The minimum Gasteiger partial charge on any atom is -0.488 e. The largest absolute Gasteiger partial charge is 0.488 e. The Balaban J connectivity index is 1.71. The highest BCUT2D eigenvalue weighted by atomic mass is 16.5. The Bertz CT molecular complexity index is 755. The quantitative estimate of drug-likeness (QED) is 0.907. The molecule has 3 rings (SSSR count). The number of ether oxygens (including phenoxy) is 1. The summed E-state index contributed by atoms with van der Waals surface area (Å²) in [5.41, 5.74) is 0.615. The van der Waals surface area contributed by atoms with E-state index in [2.05, 4.69) is 10.3 Å². The Morgan fingerprint density at radius 3 is 2.71 bits per heavy atom. The van der Waals surface area contributed by atoms with Gasteiger partial charge in [0.1, 0.15) is 17.4 Å². The topological polar surface area (TPSA) is 71.2 Å². The van der Waals surface area contributed by atoms with Crippen LogP contribution < -0.4 is 15.5 Å². The molecule has 2 aromatic rings. The van der Waals surface area contributed by atoms with Gasteiger partial charge in [-0.15, -0.1) is 0 Å². The van der Waals surface area contributed by atoms with E-state index in [1.807, 2.05) is 30.3 Å². The zero-order valence-electron chi connectivity index (χ0n) is 13.7. The summed E-state index contributed by atoms with van der Waals surface area (Å²) < 4.78 is 6.05. The maximum Gasteiger partial charge on any atom is 0.257 e. The number of aromatic nitrogens is 1. The number of para-hydroxylation sites is 1. The van der Waals surface area contributed by atoms with Crippen LogP contribution in [0.3, 0.4) is 0 Å². The second-order valence-corrected chi connectivity index (χ2v) is 6.23. The second kappa shape index (κ2) is 7.34. The molecule has 0 aliphatic heterocycles. The first kappa shape index (κ1) is 16.3. The van der Waals surface area contributed by atoms with E-state index < -0.39 is 0 Å². The van der Waals surface area contributed by atoms with E-state index in [9.17, 15) is 9.59 Å². The molecule has 2 N–H and O–H groups in total. The zero-order valence-corrected chi connectivity index (χ0v) is 13.7. The molecule has 1 aliphatic carbocycles. The molecule has 0 bridgehead atoms. The smallest absolute Gasteiger partial charge is 0.257 e. The standard InChI is InChI=1S/C19H22N2O3/c1-13-11-17(22)15(12-20-13)19(23)21-16-9-5-6-10-18(16)24-14-7-3-2-4-8-14/h2-4,7-8,11-12,16,18H,5-6,9-10H2,1H3,(H,20,22)(H,21,23). The Morgan fingerprint density at radius 1 is 1.21 bits per heavy atom. The van der Waals surface area contributed by atoms with E-state index in [0.29, 0.717) is 0 Å². The molecule has 5 nitrogen and oxygen atoms in total. The monoisotopic (exact) mass is 326 g/mol. The number of hydrogen-bond acceptors (Lipinski definition) is 3. The van der Waals surface area contributed by atoms with Crippen molar-refractivity contribution >= 4 is 5.91 Å². The molecule has 5 heteroatoms. The maximum atomic E-state index is 12.5. The number of hydrogen-bond donors (Lipinski definition) is 2. The number of amides is 1. The van der Waals surface area contributed by atoms with Crippen molar-refractivity contribution in [2.75, 3.05) is 0 Å². The highest BCUT2D eigenvalue weighted by Crippen LogP contribution is 2.24. The number of benzene rings is 1. The van der Waals surface area contributed by atoms with Crippen LogP contribution in [0.1, 0.15) is 41.7 Å². The Labute approximate surface area is 141 Å². The average molecular weight is 326 g/mol. The Kier molecular flexibility index (Phi) is 4.99. The van der Waals surface area contributed by atoms with Crippen molar-refractivity contribution in [3.8, 4) is 5.75 Å². The number of pyridine rings is 1. The fraction of sp³-hybridized carbons (Fsp3) is 0.368. The molecule has 0 saturated heterocycles. The lowest BCUT2D eigenvalue weighted by molar-refractivity contribution is 0.0796. The van der Waals surface area contributed by atoms with Crippen LogP contribution >= 0.6 is 0 Å². The number of carbonyl (C=O) groups is 1. The molecule has 1 aromatic heterocycles. The van der Waals surface area contributed by atoms with Crippen LogP contribution in [-0.4, -0.2) is 23.0 Å². The van der Waals surface area contributed by atoms with Gasteiger partial charge in [0, 0.05) is 18.0 Å². The van der Waals surface area contributed by atoms with Gasteiger partial charge >= 0.3 is 0 Å². The zero-order chi connectivity index (χ0) is 16.9. The van der Waals surface area contributed by atoms with Gasteiger partial charge in [-0.2, -0.15) is 0 Å². The molecule has 0 spiro atoms. The molecule has 2 unspecified atom stereocenters. The van der Waals surface area contributed by atoms with E-state index in [1.54, 1.807) is 6.92 Å². The third kappa shape index (κ3) is 3.85. The van der Waals surface area contributed by atoms with Gasteiger partial charge in [0.05, 0.1) is 6.04 Å². The van der Waals surface area contributed by atoms with E-state index >= 15 is 0 Å². The minimum absolute atomic E-state index is 0.0744. The number of aromatic amines is 1. The summed E-state index contributed by atoms with van der Waals surface area (Å²) in [4.78, 5) is 27.4. The van der Waals surface area contributed by atoms with Crippen LogP contribution in [0.25, 0.3) is 0 Å². The summed E-state index contributed by atoms with van der Waals surface area (Å²) in [6, 6.07) is 11.0. The molecule has 126 valence electrons. The van der Waals surface area contributed by atoms with Crippen LogP contribution in [0.4, 0.5) is 0 Å². The van der Waals surface area contributed by atoms with Crippen molar-refractivity contribution in [2.45, 2.75) is 44.8 Å². The summed E-state index contributed by atoms with van der Waals surface area (Å²) in [5.74, 6) is 0.460. The summed E-state index contributed by atoms with van der Waals surface area (Å²) in [6.07, 6.45) is 5.27. The molecule has 24 heavy (non-hydrogen) atoms. The lowest BCUT2D eigenvalue weighted by Gasteiger charge is -2.32. The lowest BCUT2D eigenvalue weighted by Crippen LogP contribution is -2.48. The van der Waals surface area contributed by atoms with E-state index in [-0.39, 0.29) is 29.0 Å². The molecule has 1 amide bonds. The van der Waals surface area contributed by atoms with Crippen LogP contribution in [0.2, 0.25) is 0 Å². The summed E-state index contributed by atoms with van der Waals surface area (Å²) in [6.45, 7) is 1.79. The predicted octanol–water partition coefficient (Wildman–Crippen LogP) is 2.80. The third-order valence-electron chi connectivity index (χ3n) is 4.35. The first-order valence-corrected chi connectivity index (χ1v) is 8.35. The van der Waals surface area contributed by atoms with Gasteiger partial charge < -0.3 is 15.0 Å². The van der Waals surface area contributed by atoms with Crippen molar-refractivity contribution < 1.29 is 9.53 Å². The van der Waals surface area contributed by atoms with Gasteiger partial charge in [-0.05, 0) is 38.3 Å². The van der Waals surface area contributed by atoms with Crippen LogP contribution in [0.15, 0.2) is 47.4 Å². The number of nitrogens with one attached hydrogen (secondary N) is 2. The average Bonchev–Trinajstić information content (AvgIpc) is 2.57. The summed E-state index contributed by atoms with van der Waals surface area (Å²) in [7, 11) is 0. The fourth-order valence-electron chi connectivity index (χ4n) is 3.07. The van der Waals surface area contributed by atoms with Gasteiger partial charge in [0.25, 0.3) is 5.91 Å². The second-order valence-electron chi connectivity index (χ2n) is 6.23. The van der Waals surface area contributed by atoms with Crippen LogP contribution in [-0.2, 0) is 0 Å². The van der Waals surface area contributed by atoms with E-state index in [0.717, 1.165) is 37.1 Å². The Hall–Kier alpha value is -2.56. The van der Waals surface area contributed by atoms with E-state index in [4.69, 9.17) is 4.74 Å². The molecule has 0 radical (unpaired) electrons. The highest BCUT2D eigenvalue weighted by molar-refractivity contribution is 5.94. The van der Waals surface area contributed by atoms with E-state index in [1.165, 1.54) is 12.3 Å². The SMILES string of the molecule is Cc1cc(=O)c(C(=O)NC2CCCCC2Oc2ccccc2)c[nH]1. The van der Waals surface area contributed by atoms with Gasteiger partial charge in [0.15, 0.2) is 5.43 Å². The first-order valence-electron chi connectivity index (χ1n) is 8.35. The fourth-order valence-corrected chi connectivity index (χ4v) is 3.07. The molecule has 1 saturated carbocycles. The number of aryl methyl sites for hydroxylation is 1. The minimum atomic E-state index is -0.343. The molecule has 1 aliphatic rings. The van der Waals surface area contributed by atoms with Gasteiger partial charge in [-0.25, -0.2) is 0 Å². The normalized spacial score (nSPS) is 20.4. The molecule has 1 heterocycles. The van der Waals surface area contributed by atoms with Crippen molar-refractivity contribution in [1.82, 2.24) is 10.3 Å². The Morgan fingerprint density at radius 2 is 1.96 bits per heavy atom. The number of H-pyrrole nitrogens is 1. The van der Waals surface area contributed by atoms with Gasteiger partial charge in [0.2, 0.25) is 0 Å². The van der Waals surface area contributed by atoms with Gasteiger partial charge in [-0.1, -0.05) is 24.6 Å². The van der Waals surface area contributed by atoms with Crippen molar-refractivity contribution in [3.05, 3.63) is 64.1 Å². The lowest BCUT2D eigenvalue weighted by atomic mass is 9.92. The molecule has 2 atom stereocenters. The molecule has 1 aromatic carbocycles. The molecule has 1 fully saturated rings. The van der Waals surface area contributed by atoms with Crippen molar-refractivity contribution in [1.29, 1.82) is 0 Å². The molecular formula is C19H22N2O3. The summed E-state index contributed by atoms with van der Waals surface area (Å²) in [5, 5.41) is 2.98. The molecular weight excluding hydrogens is 304 g/mol. The van der Waals surface area contributed by atoms with Crippen molar-refractivity contribution in [2.24, 2.45) is 0 Å². The number of rotatable bonds is 4. The summed E-state index contributed by atoms with van der Waals surface area (Å²) >= 11 is 0. The first-order chi connectivity index (χ1) is 11.6.